The second-order valence-corrected chi connectivity index (χ2v) is 8.47. The van der Waals surface area contributed by atoms with Gasteiger partial charge < -0.3 is 0 Å². The summed E-state index contributed by atoms with van der Waals surface area (Å²) in [6.45, 7) is 2.19. The molecule has 27 heavy (non-hydrogen) atoms. The summed E-state index contributed by atoms with van der Waals surface area (Å²) in [4.78, 5) is 0. The van der Waals surface area contributed by atoms with Gasteiger partial charge in [0.25, 0.3) is 0 Å². The van der Waals surface area contributed by atoms with Gasteiger partial charge >= 0.3 is 0 Å². The number of rotatable bonds is 2. The van der Waals surface area contributed by atoms with Crippen LogP contribution in [0.4, 0.5) is 0 Å². The Balaban J connectivity index is 2.00. The smallest absolute Gasteiger partial charge is 0.0622 e. The van der Waals surface area contributed by atoms with Gasteiger partial charge in [-0.1, -0.05) is 90.5 Å². The van der Waals surface area contributed by atoms with Crippen molar-refractivity contribution in [2.45, 2.75) is 12.3 Å². The van der Waals surface area contributed by atoms with Crippen LogP contribution in [-0.4, -0.2) is 0 Å². The van der Waals surface area contributed by atoms with Crippen LogP contribution >= 0.6 is 22.6 Å². The third-order valence-electron chi connectivity index (χ3n) is 5.67. The molecule has 5 rings (SSSR count). The van der Waals surface area contributed by atoms with Crippen molar-refractivity contribution in [2.24, 2.45) is 0 Å². The van der Waals surface area contributed by atoms with Crippen molar-refractivity contribution in [2.75, 3.05) is 0 Å². The maximum atomic E-state index is 2.43. The van der Waals surface area contributed by atoms with E-state index >= 15 is 0 Å². The van der Waals surface area contributed by atoms with E-state index in [2.05, 4.69) is 127 Å². The van der Waals surface area contributed by atoms with Gasteiger partial charge in [-0.05, 0) is 75.0 Å². The highest BCUT2D eigenvalue weighted by atomic mass is 127. The third-order valence-corrected chi connectivity index (χ3v) is 6.34. The van der Waals surface area contributed by atoms with E-state index in [1.54, 1.807) is 0 Å². The first-order valence-electron chi connectivity index (χ1n) is 9.24. The van der Waals surface area contributed by atoms with Gasteiger partial charge in [0.15, 0.2) is 0 Å². The van der Waals surface area contributed by atoms with Crippen molar-refractivity contribution in [1.82, 2.24) is 0 Å². The number of fused-ring (bicyclic) bond motifs is 3. The minimum absolute atomic E-state index is 0.277. The molecule has 1 heteroatoms. The number of benzene rings is 4. The molecule has 0 radical (unpaired) electrons. The maximum absolute atomic E-state index is 2.43. The highest BCUT2D eigenvalue weighted by Gasteiger charge is 2.46. The maximum Gasteiger partial charge on any atom is 0.0714 e. The monoisotopic (exact) mass is 458 g/mol. The summed E-state index contributed by atoms with van der Waals surface area (Å²) in [5.41, 5.74) is 9.13. The molecule has 4 aromatic carbocycles. The quantitative estimate of drug-likeness (QED) is 0.251. The summed E-state index contributed by atoms with van der Waals surface area (Å²) in [5, 5.41) is 0. The molecule has 0 bridgehead atoms. The number of hydrogen-bond acceptors (Lipinski definition) is 0. The predicted octanol–water partition coefficient (Wildman–Crippen LogP) is 6.96. The summed E-state index contributed by atoms with van der Waals surface area (Å²) in [5.74, 6) is 0. The van der Waals surface area contributed by atoms with Gasteiger partial charge in [-0.25, -0.2) is 0 Å². The van der Waals surface area contributed by atoms with Gasteiger partial charge in [0.2, 0.25) is 0 Å². The zero-order chi connectivity index (χ0) is 18.4. The molecule has 0 unspecified atom stereocenters. The summed E-state index contributed by atoms with van der Waals surface area (Å²) >= 11 is 2.43. The first-order chi connectivity index (χ1) is 13.2. The van der Waals surface area contributed by atoms with Crippen LogP contribution in [0.5, 0.6) is 0 Å². The Morgan fingerprint density at radius 1 is 0.593 bits per heavy atom. The van der Waals surface area contributed by atoms with Crippen molar-refractivity contribution >= 4 is 22.6 Å². The molecule has 0 aliphatic heterocycles. The Labute approximate surface area is 174 Å². The molecular weight excluding hydrogens is 439 g/mol. The lowest BCUT2D eigenvalue weighted by Crippen LogP contribution is -2.28. The fraction of sp³-hybridized carbons (Fsp3) is 0.0769. The van der Waals surface area contributed by atoms with Gasteiger partial charge in [0.1, 0.15) is 0 Å². The molecule has 4 aromatic rings. The average molecular weight is 458 g/mol. The zero-order valence-corrected chi connectivity index (χ0v) is 17.3. The largest absolute Gasteiger partial charge is 0.0714 e. The van der Waals surface area contributed by atoms with E-state index < -0.39 is 0 Å². The minimum Gasteiger partial charge on any atom is -0.0622 e. The molecular formula is C26H19I. The van der Waals surface area contributed by atoms with Crippen LogP contribution in [-0.2, 0) is 5.41 Å². The molecule has 1 aliphatic rings. The number of hydrogen-bond donors (Lipinski definition) is 0. The summed E-state index contributed by atoms with van der Waals surface area (Å²) in [6, 6.07) is 35.7. The molecule has 0 amide bonds. The molecule has 0 aromatic heterocycles. The van der Waals surface area contributed by atoms with E-state index in [1.165, 1.54) is 42.5 Å². The SMILES string of the molecule is Cc1ccc2c(c1)C(c1ccccc1)(c1ccccc1)c1cc(I)ccc1-2. The molecule has 0 N–H and O–H groups in total. The van der Waals surface area contributed by atoms with Crippen LogP contribution in [0.15, 0.2) is 97.1 Å². The Bertz CT molecular complexity index is 1030. The van der Waals surface area contributed by atoms with Crippen molar-refractivity contribution < 1.29 is 0 Å². The highest BCUT2D eigenvalue weighted by Crippen LogP contribution is 2.56. The molecule has 0 saturated heterocycles. The van der Waals surface area contributed by atoms with E-state index in [0.29, 0.717) is 0 Å². The summed E-state index contributed by atoms with van der Waals surface area (Å²) in [7, 11) is 0. The van der Waals surface area contributed by atoms with E-state index in [1.807, 2.05) is 0 Å². The molecule has 0 saturated carbocycles. The fourth-order valence-corrected chi connectivity index (χ4v) is 5.07. The molecule has 130 valence electrons. The third kappa shape index (κ3) is 2.41. The number of halogens is 1. The van der Waals surface area contributed by atoms with Crippen molar-refractivity contribution in [3.8, 4) is 11.1 Å². The minimum atomic E-state index is -0.277. The van der Waals surface area contributed by atoms with Crippen LogP contribution in [0.1, 0.15) is 27.8 Å². The normalized spacial score (nSPS) is 13.9. The first-order valence-corrected chi connectivity index (χ1v) is 10.3. The topological polar surface area (TPSA) is 0 Å². The molecule has 1 aliphatic carbocycles. The van der Waals surface area contributed by atoms with Gasteiger partial charge in [-0.15, -0.1) is 0 Å². The van der Waals surface area contributed by atoms with Crippen molar-refractivity contribution in [3.05, 3.63) is 128 Å². The summed E-state index contributed by atoms with van der Waals surface area (Å²) in [6.07, 6.45) is 0. The lowest BCUT2D eigenvalue weighted by atomic mass is 9.67. The Kier molecular flexibility index (Phi) is 3.94. The standard InChI is InChI=1S/C26H19I/c1-18-12-14-22-23-15-13-21(27)17-25(23)26(24(22)16-18,19-8-4-2-5-9-19)20-10-6-3-7-11-20/h2-17H,1H3. The zero-order valence-electron chi connectivity index (χ0n) is 15.1. The van der Waals surface area contributed by atoms with E-state index in [4.69, 9.17) is 0 Å². The fourth-order valence-electron chi connectivity index (χ4n) is 4.57. The second kappa shape index (κ2) is 6.35. The Hall–Kier alpha value is -2.39. The predicted molar refractivity (Wildman–Crippen MR) is 121 cm³/mol. The molecule has 0 fully saturated rings. The van der Waals surface area contributed by atoms with Crippen LogP contribution in [0.25, 0.3) is 11.1 Å². The molecule has 0 nitrogen and oxygen atoms in total. The highest BCUT2D eigenvalue weighted by molar-refractivity contribution is 14.1. The molecule has 0 spiro atoms. The molecule has 0 atom stereocenters. The van der Waals surface area contributed by atoms with Crippen molar-refractivity contribution in [3.63, 3.8) is 0 Å². The average Bonchev–Trinajstić information content (AvgIpc) is 2.99. The molecule has 0 heterocycles. The Morgan fingerprint density at radius 3 is 1.70 bits per heavy atom. The van der Waals surface area contributed by atoms with E-state index in [0.717, 1.165) is 0 Å². The second-order valence-electron chi connectivity index (χ2n) is 7.22. The van der Waals surface area contributed by atoms with Gasteiger partial charge in [0, 0.05) is 3.57 Å². The van der Waals surface area contributed by atoms with Crippen LogP contribution < -0.4 is 0 Å². The number of aryl methyl sites for hydroxylation is 1. The van der Waals surface area contributed by atoms with Gasteiger partial charge in [-0.2, -0.15) is 0 Å². The van der Waals surface area contributed by atoms with Crippen LogP contribution in [0.3, 0.4) is 0 Å². The van der Waals surface area contributed by atoms with Gasteiger partial charge in [0.05, 0.1) is 5.41 Å². The van der Waals surface area contributed by atoms with Crippen molar-refractivity contribution in [1.29, 1.82) is 0 Å². The van der Waals surface area contributed by atoms with E-state index in [9.17, 15) is 0 Å². The van der Waals surface area contributed by atoms with E-state index in [-0.39, 0.29) is 5.41 Å². The Morgan fingerprint density at radius 2 is 1.11 bits per heavy atom. The van der Waals surface area contributed by atoms with Crippen LogP contribution in [0, 0.1) is 10.5 Å². The summed E-state index contributed by atoms with van der Waals surface area (Å²) < 4.78 is 1.27. The van der Waals surface area contributed by atoms with Crippen LogP contribution in [0.2, 0.25) is 0 Å². The lowest BCUT2D eigenvalue weighted by Gasteiger charge is -2.34. The first kappa shape index (κ1) is 16.8. The van der Waals surface area contributed by atoms with Gasteiger partial charge in [-0.3, -0.25) is 0 Å². The lowest BCUT2D eigenvalue weighted by molar-refractivity contribution is 0.767.